The molecule has 2 aromatic heterocycles. The van der Waals surface area contributed by atoms with Gasteiger partial charge >= 0.3 is 0 Å². The van der Waals surface area contributed by atoms with Gasteiger partial charge in [0.2, 0.25) is 0 Å². The number of nitrogen functional groups attached to an aromatic ring is 1. The molecular formula is C40H55N3O6. The van der Waals surface area contributed by atoms with Gasteiger partial charge in [0, 0.05) is 41.8 Å². The lowest BCUT2D eigenvalue weighted by Crippen LogP contribution is -2.41. The molecule has 1 saturated carbocycles. The number of aliphatic hydroxyl groups is 4. The van der Waals surface area contributed by atoms with Crippen molar-refractivity contribution in [3.8, 4) is 23.3 Å². The summed E-state index contributed by atoms with van der Waals surface area (Å²) in [4.78, 5) is 7.67. The van der Waals surface area contributed by atoms with Gasteiger partial charge in [0.1, 0.15) is 18.0 Å². The lowest BCUT2D eigenvalue weighted by atomic mass is 9.66. The molecule has 0 saturated heterocycles. The minimum absolute atomic E-state index is 0.0763. The number of rotatable bonds is 14. The van der Waals surface area contributed by atoms with Gasteiger partial charge in [0.05, 0.1) is 18.8 Å². The molecule has 8 N–H and O–H groups in total. The molecule has 3 aromatic rings. The van der Waals surface area contributed by atoms with Crippen molar-refractivity contribution in [1.82, 2.24) is 9.97 Å². The fourth-order valence-electron chi connectivity index (χ4n) is 8.13. The molecular weight excluding hydrogens is 618 g/mol. The molecule has 0 unspecified atom stereocenters. The quantitative estimate of drug-likeness (QED) is 0.106. The summed E-state index contributed by atoms with van der Waals surface area (Å²) in [6.45, 7) is 1.64. The number of nitrogens with zero attached hydrogens (tertiary/aromatic N) is 1. The minimum Gasteiger partial charge on any atom is -0.504 e. The number of hydrogen-bond acceptors (Lipinski definition) is 8. The van der Waals surface area contributed by atoms with Crippen molar-refractivity contribution in [1.29, 1.82) is 0 Å². The van der Waals surface area contributed by atoms with Crippen molar-refractivity contribution >= 4 is 5.82 Å². The van der Waals surface area contributed by atoms with Gasteiger partial charge in [-0.3, -0.25) is 0 Å². The first kappa shape index (κ1) is 36.7. The predicted molar refractivity (Wildman–Crippen MR) is 191 cm³/mol. The first-order chi connectivity index (χ1) is 23.7. The summed E-state index contributed by atoms with van der Waals surface area (Å²) in [6, 6.07) is 13.0. The highest BCUT2D eigenvalue weighted by Gasteiger charge is 2.46. The zero-order valence-electron chi connectivity index (χ0n) is 28.8. The van der Waals surface area contributed by atoms with Crippen LogP contribution in [0.25, 0.3) is 0 Å². The highest BCUT2D eigenvalue weighted by molar-refractivity contribution is 5.43. The van der Waals surface area contributed by atoms with E-state index >= 15 is 0 Å². The van der Waals surface area contributed by atoms with Crippen molar-refractivity contribution < 1.29 is 30.3 Å². The SMILES string of the molecule is CC[C@@H]1C#CC[C@H]([C@H](O)CCc2ccc(O)c(O[C@H](C[C@H](c3ccnc(N)c3)C3(c4ccc[nH]4)CCCC3)[C@H](O)CO)c2)[C@@H](O)CCCC1. The van der Waals surface area contributed by atoms with Crippen LogP contribution in [0, 0.1) is 23.7 Å². The van der Waals surface area contributed by atoms with Crippen LogP contribution < -0.4 is 10.5 Å². The van der Waals surface area contributed by atoms with E-state index in [1.807, 2.05) is 24.4 Å². The van der Waals surface area contributed by atoms with E-state index in [0.717, 1.165) is 68.2 Å². The molecule has 0 spiro atoms. The van der Waals surface area contributed by atoms with Gasteiger partial charge < -0.3 is 41.0 Å². The zero-order valence-corrected chi connectivity index (χ0v) is 28.8. The normalized spacial score (nSPS) is 23.5. The summed E-state index contributed by atoms with van der Waals surface area (Å²) in [5.41, 5.74) is 8.83. The minimum atomic E-state index is -1.21. The lowest BCUT2D eigenvalue weighted by Gasteiger charge is -2.40. The topological polar surface area (TPSA) is 165 Å². The highest BCUT2D eigenvalue weighted by Crippen LogP contribution is 2.52. The number of aromatic amines is 1. The summed E-state index contributed by atoms with van der Waals surface area (Å²) in [7, 11) is 0. The first-order valence-electron chi connectivity index (χ1n) is 18.2. The average molecular weight is 674 g/mol. The largest absolute Gasteiger partial charge is 0.504 e. The Morgan fingerprint density at radius 2 is 1.88 bits per heavy atom. The molecule has 7 atom stereocenters. The molecule has 0 amide bonds. The lowest BCUT2D eigenvalue weighted by molar-refractivity contribution is -0.0123. The molecule has 9 heteroatoms. The number of H-pyrrole nitrogens is 1. The molecule has 49 heavy (non-hydrogen) atoms. The Bertz CT molecular complexity index is 1510. The number of nitrogens with one attached hydrogen (secondary N) is 1. The van der Waals surface area contributed by atoms with Crippen LogP contribution in [0.2, 0.25) is 0 Å². The van der Waals surface area contributed by atoms with Gasteiger partial charge in [0.25, 0.3) is 0 Å². The third-order valence-corrected chi connectivity index (χ3v) is 11.0. The highest BCUT2D eigenvalue weighted by atomic mass is 16.5. The number of nitrogens with two attached hydrogens (primary N) is 1. The summed E-state index contributed by atoms with van der Waals surface area (Å²) in [5.74, 6) is 7.04. The summed E-state index contributed by atoms with van der Waals surface area (Å²) in [6.07, 6.45) is 10.6. The standard InChI is InChI=1S/C40H55N3O6/c1-2-27-9-3-4-12-32(45)30(11-7-10-27)33(46)16-14-28-15-17-34(47)36(23-28)49-37(35(48)26-44)25-31(29-18-22-43-39(41)24-29)40(19-5-6-20-40)38-13-8-21-42-38/h8,13,15,17-18,21-24,27,30-33,35,37,42,44-48H,2-6,9,11-12,14,16,19-20,25-26H2,1H3,(H2,41,43)/t27-,30-,31+,32-,33+,35+,37+/m0/s1. The van der Waals surface area contributed by atoms with E-state index in [4.69, 9.17) is 10.5 Å². The predicted octanol–water partition coefficient (Wildman–Crippen LogP) is 5.75. The number of phenolic OH excluding ortho intramolecular Hbond substituents is 1. The fraction of sp³-hybridized carbons (Fsp3) is 0.575. The van der Waals surface area contributed by atoms with Gasteiger partial charge in [-0.2, -0.15) is 0 Å². The van der Waals surface area contributed by atoms with Crippen LogP contribution in [0.4, 0.5) is 5.82 Å². The monoisotopic (exact) mass is 673 g/mol. The van der Waals surface area contributed by atoms with Gasteiger partial charge in [-0.25, -0.2) is 4.98 Å². The van der Waals surface area contributed by atoms with Crippen LogP contribution in [-0.2, 0) is 11.8 Å². The Hall–Kier alpha value is -3.55. The maximum atomic E-state index is 11.2. The van der Waals surface area contributed by atoms with Crippen LogP contribution in [0.3, 0.4) is 0 Å². The van der Waals surface area contributed by atoms with Crippen LogP contribution in [0.5, 0.6) is 11.5 Å². The third kappa shape index (κ3) is 9.17. The van der Waals surface area contributed by atoms with Gasteiger partial charge in [-0.15, -0.1) is 5.92 Å². The summed E-state index contributed by atoms with van der Waals surface area (Å²) < 4.78 is 6.42. The molecule has 9 nitrogen and oxygen atoms in total. The van der Waals surface area contributed by atoms with E-state index in [2.05, 4.69) is 34.8 Å². The second-order valence-electron chi connectivity index (χ2n) is 14.2. The van der Waals surface area contributed by atoms with E-state index < -0.39 is 31.0 Å². The van der Waals surface area contributed by atoms with Crippen LogP contribution in [0.15, 0.2) is 54.9 Å². The van der Waals surface area contributed by atoms with E-state index in [1.54, 1.807) is 24.4 Å². The number of aromatic nitrogens is 2. The molecule has 0 bridgehead atoms. The van der Waals surface area contributed by atoms with E-state index in [9.17, 15) is 25.5 Å². The van der Waals surface area contributed by atoms with Crippen LogP contribution in [0.1, 0.15) is 107 Å². The maximum Gasteiger partial charge on any atom is 0.161 e. The van der Waals surface area contributed by atoms with Gasteiger partial charge in [-0.05, 0) is 105 Å². The number of aromatic hydroxyl groups is 1. The maximum absolute atomic E-state index is 11.2. The van der Waals surface area contributed by atoms with Crippen molar-refractivity contribution in [3.05, 3.63) is 71.7 Å². The van der Waals surface area contributed by atoms with Crippen molar-refractivity contribution in [2.24, 2.45) is 11.8 Å². The molecule has 266 valence electrons. The number of phenols is 1. The Labute approximate surface area is 291 Å². The Kier molecular flexibility index (Phi) is 13.0. The molecule has 0 radical (unpaired) electrons. The van der Waals surface area contributed by atoms with Crippen LogP contribution in [-0.4, -0.2) is 66.5 Å². The fourth-order valence-corrected chi connectivity index (χ4v) is 8.13. The number of pyridine rings is 1. The van der Waals surface area contributed by atoms with Crippen molar-refractivity contribution in [2.75, 3.05) is 12.3 Å². The van der Waals surface area contributed by atoms with Crippen molar-refractivity contribution in [2.45, 2.75) is 126 Å². The first-order valence-corrected chi connectivity index (χ1v) is 18.2. The van der Waals surface area contributed by atoms with E-state index in [-0.39, 0.29) is 28.7 Å². The average Bonchev–Trinajstić information content (AvgIpc) is 3.83. The molecule has 1 fully saturated rings. The number of aryl methyl sites for hydroxylation is 1. The molecule has 2 aliphatic carbocycles. The molecule has 0 aliphatic heterocycles. The van der Waals surface area contributed by atoms with Crippen LogP contribution >= 0.6 is 0 Å². The smallest absolute Gasteiger partial charge is 0.161 e. The molecule has 2 heterocycles. The van der Waals surface area contributed by atoms with E-state index in [0.29, 0.717) is 43.8 Å². The number of aliphatic hydroxyl groups excluding tert-OH is 4. The molecule has 2 aliphatic rings. The van der Waals surface area contributed by atoms with E-state index in [1.165, 1.54) is 0 Å². The number of ether oxygens (including phenoxy) is 1. The number of anilines is 1. The summed E-state index contributed by atoms with van der Waals surface area (Å²) >= 11 is 0. The second kappa shape index (κ2) is 17.4. The van der Waals surface area contributed by atoms with Gasteiger partial charge in [-0.1, -0.05) is 44.6 Å². The Morgan fingerprint density at radius 3 is 2.59 bits per heavy atom. The zero-order chi connectivity index (χ0) is 34.8. The number of hydrogen-bond donors (Lipinski definition) is 7. The molecule has 1 aromatic carbocycles. The summed E-state index contributed by atoms with van der Waals surface area (Å²) in [5, 5.41) is 54.3. The Morgan fingerprint density at radius 1 is 1.08 bits per heavy atom. The van der Waals surface area contributed by atoms with Crippen molar-refractivity contribution in [3.63, 3.8) is 0 Å². The second-order valence-corrected chi connectivity index (χ2v) is 14.2. The van der Waals surface area contributed by atoms with Gasteiger partial charge in [0.15, 0.2) is 11.5 Å². The third-order valence-electron chi connectivity index (χ3n) is 11.0. The number of benzene rings is 1. The Balaban J connectivity index is 1.36. The molecule has 5 rings (SSSR count).